The van der Waals surface area contributed by atoms with Gasteiger partial charge in [0.1, 0.15) is 5.69 Å². The Morgan fingerprint density at radius 1 is 1.41 bits per heavy atom. The van der Waals surface area contributed by atoms with E-state index >= 15 is 0 Å². The Bertz CT molecular complexity index is 512. The number of rotatable bonds is 4. The fourth-order valence-corrected chi connectivity index (χ4v) is 1.66. The molecule has 0 aliphatic rings. The van der Waals surface area contributed by atoms with Crippen LogP contribution in [-0.4, -0.2) is 21.5 Å². The van der Waals surface area contributed by atoms with E-state index in [-0.39, 0.29) is 5.02 Å². The maximum Gasteiger partial charge on any atom is 0.151 e. The van der Waals surface area contributed by atoms with Crippen molar-refractivity contribution in [3.8, 4) is 11.3 Å². The number of nitrogens with zero attached hydrogens (tertiary/aromatic N) is 3. The second-order valence-electron chi connectivity index (χ2n) is 3.61. The molecule has 0 radical (unpaired) electrons. The molecule has 0 unspecified atom stereocenters. The van der Waals surface area contributed by atoms with Gasteiger partial charge < -0.3 is 5.73 Å². The molecular weight excluding hydrogens is 243 g/mol. The third-order valence-electron chi connectivity index (χ3n) is 2.36. The summed E-state index contributed by atoms with van der Waals surface area (Å²) in [6.45, 7) is 1.26. The van der Waals surface area contributed by atoms with Gasteiger partial charge >= 0.3 is 0 Å². The smallest absolute Gasteiger partial charge is 0.151 e. The number of hydrogen-bond acceptors (Lipinski definition) is 3. The molecular formula is C11H12ClFN4. The fourth-order valence-electron chi connectivity index (χ4n) is 1.49. The number of hydrogen-bond donors (Lipinski definition) is 1. The van der Waals surface area contributed by atoms with Gasteiger partial charge in [-0.05, 0) is 25.1 Å². The van der Waals surface area contributed by atoms with E-state index in [1.54, 1.807) is 23.0 Å². The number of halogens is 2. The molecule has 0 fully saturated rings. The summed E-state index contributed by atoms with van der Waals surface area (Å²) in [6.07, 6.45) is 2.49. The molecule has 6 heteroatoms. The van der Waals surface area contributed by atoms with E-state index < -0.39 is 5.82 Å². The highest BCUT2D eigenvalue weighted by Crippen LogP contribution is 2.25. The van der Waals surface area contributed by atoms with Crippen LogP contribution in [0.3, 0.4) is 0 Å². The van der Waals surface area contributed by atoms with Crippen molar-refractivity contribution >= 4 is 11.6 Å². The van der Waals surface area contributed by atoms with Gasteiger partial charge in [0.25, 0.3) is 0 Å². The van der Waals surface area contributed by atoms with Crippen LogP contribution in [0.25, 0.3) is 11.3 Å². The predicted molar refractivity (Wildman–Crippen MR) is 64.1 cm³/mol. The molecule has 2 N–H and O–H groups in total. The first kappa shape index (κ1) is 12.0. The van der Waals surface area contributed by atoms with Crippen LogP contribution in [-0.2, 0) is 6.54 Å². The lowest BCUT2D eigenvalue weighted by Crippen LogP contribution is -2.06. The summed E-state index contributed by atoms with van der Waals surface area (Å²) in [5.74, 6) is -0.472. The summed E-state index contributed by atoms with van der Waals surface area (Å²) >= 11 is 5.71. The average Bonchev–Trinajstić information content (AvgIpc) is 2.78. The second kappa shape index (κ2) is 5.25. The predicted octanol–water partition coefficient (Wildman–Crippen LogP) is 2.09. The molecule has 0 saturated carbocycles. The van der Waals surface area contributed by atoms with Crippen LogP contribution >= 0.6 is 11.6 Å². The van der Waals surface area contributed by atoms with E-state index in [2.05, 4.69) is 10.3 Å². The number of aryl methyl sites for hydroxylation is 1. The molecule has 0 aliphatic heterocycles. The first-order valence-electron chi connectivity index (χ1n) is 5.27. The van der Waals surface area contributed by atoms with Crippen molar-refractivity contribution in [2.45, 2.75) is 13.0 Å². The largest absolute Gasteiger partial charge is 0.330 e. The van der Waals surface area contributed by atoms with Crippen LogP contribution in [0.5, 0.6) is 0 Å². The average molecular weight is 255 g/mol. The van der Waals surface area contributed by atoms with Gasteiger partial charge in [0.15, 0.2) is 5.82 Å². The van der Waals surface area contributed by atoms with E-state index in [9.17, 15) is 4.39 Å². The van der Waals surface area contributed by atoms with E-state index in [0.29, 0.717) is 24.3 Å². The Balaban J connectivity index is 2.27. The fraction of sp³-hybridized carbons (Fsp3) is 0.273. The minimum absolute atomic E-state index is 0.0824. The van der Waals surface area contributed by atoms with Crippen LogP contribution in [0.2, 0.25) is 5.02 Å². The highest BCUT2D eigenvalue weighted by atomic mass is 35.5. The number of nitrogens with two attached hydrogens (primary N) is 1. The van der Waals surface area contributed by atoms with Crippen molar-refractivity contribution < 1.29 is 4.39 Å². The van der Waals surface area contributed by atoms with Gasteiger partial charge in [-0.3, -0.25) is 4.68 Å². The Kier molecular flexibility index (Phi) is 3.71. The topological polar surface area (TPSA) is 56.7 Å². The summed E-state index contributed by atoms with van der Waals surface area (Å²) in [5, 5.41) is 7.90. The molecule has 90 valence electrons. The normalized spacial score (nSPS) is 10.8. The zero-order valence-electron chi connectivity index (χ0n) is 9.11. The molecule has 17 heavy (non-hydrogen) atoms. The maximum atomic E-state index is 13.7. The minimum atomic E-state index is -0.472. The molecule has 0 spiro atoms. The van der Waals surface area contributed by atoms with E-state index in [0.717, 1.165) is 6.42 Å². The van der Waals surface area contributed by atoms with Crippen molar-refractivity contribution in [2.75, 3.05) is 6.54 Å². The first-order valence-corrected chi connectivity index (χ1v) is 5.64. The van der Waals surface area contributed by atoms with Crippen molar-refractivity contribution in [2.24, 2.45) is 5.73 Å². The van der Waals surface area contributed by atoms with Gasteiger partial charge in [-0.15, -0.1) is 5.10 Å². The van der Waals surface area contributed by atoms with Gasteiger partial charge in [-0.25, -0.2) is 4.39 Å². The van der Waals surface area contributed by atoms with Gasteiger partial charge in [0.05, 0.1) is 11.2 Å². The molecule has 4 nitrogen and oxygen atoms in total. The Morgan fingerprint density at radius 2 is 2.24 bits per heavy atom. The standard InChI is InChI=1S/C11H12ClFN4/c12-9-4-1-3-8(11(9)13)10-7-17(16-15-10)6-2-5-14/h1,3-4,7H,2,5-6,14H2. The zero-order chi connectivity index (χ0) is 12.3. The van der Waals surface area contributed by atoms with E-state index in [4.69, 9.17) is 17.3 Å². The Labute approximate surface area is 103 Å². The molecule has 0 amide bonds. The molecule has 1 heterocycles. The zero-order valence-corrected chi connectivity index (χ0v) is 9.86. The molecule has 2 aromatic rings. The van der Waals surface area contributed by atoms with Crippen molar-refractivity contribution in [3.63, 3.8) is 0 Å². The van der Waals surface area contributed by atoms with E-state index in [1.807, 2.05) is 0 Å². The number of benzene rings is 1. The molecule has 1 aromatic heterocycles. The van der Waals surface area contributed by atoms with Gasteiger partial charge in [-0.1, -0.05) is 22.9 Å². The minimum Gasteiger partial charge on any atom is -0.330 e. The van der Waals surface area contributed by atoms with Crippen LogP contribution < -0.4 is 5.73 Å². The van der Waals surface area contributed by atoms with Crippen molar-refractivity contribution in [1.29, 1.82) is 0 Å². The van der Waals surface area contributed by atoms with Crippen molar-refractivity contribution in [3.05, 3.63) is 35.2 Å². The lowest BCUT2D eigenvalue weighted by molar-refractivity contribution is 0.564. The summed E-state index contributed by atoms with van der Waals surface area (Å²) in [6, 6.07) is 4.80. The van der Waals surface area contributed by atoms with Gasteiger partial charge in [-0.2, -0.15) is 0 Å². The quantitative estimate of drug-likeness (QED) is 0.909. The Morgan fingerprint density at radius 3 is 3.00 bits per heavy atom. The third-order valence-corrected chi connectivity index (χ3v) is 2.65. The Hall–Kier alpha value is -1.46. The molecule has 0 saturated heterocycles. The van der Waals surface area contributed by atoms with Crippen LogP contribution in [0.4, 0.5) is 4.39 Å². The second-order valence-corrected chi connectivity index (χ2v) is 4.02. The molecule has 0 bridgehead atoms. The van der Waals surface area contributed by atoms with Gasteiger partial charge in [0.2, 0.25) is 0 Å². The monoisotopic (exact) mass is 254 g/mol. The third kappa shape index (κ3) is 2.62. The summed E-state index contributed by atoms with van der Waals surface area (Å²) in [7, 11) is 0. The van der Waals surface area contributed by atoms with Gasteiger partial charge in [0, 0.05) is 12.1 Å². The highest BCUT2D eigenvalue weighted by Gasteiger charge is 2.11. The lowest BCUT2D eigenvalue weighted by Gasteiger charge is -1.99. The SMILES string of the molecule is NCCCn1cc(-c2cccc(Cl)c2F)nn1. The van der Waals surface area contributed by atoms with Crippen molar-refractivity contribution in [1.82, 2.24) is 15.0 Å². The molecule has 0 aliphatic carbocycles. The van der Waals surface area contributed by atoms with Crippen LogP contribution in [0.15, 0.2) is 24.4 Å². The molecule has 2 rings (SSSR count). The molecule has 1 aromatic carbocycles. The van der Waals surface area contributed by atoms with E-state index in [1.165, 1.54) is 6.07 Å². The lowest BCUT2D eigenvalue weighted by atomic mass is 10.1. The maximum absolute atomic E-state index is 13.7. The molecule has 0 atom stereocenters. The number of aromatic nitrogens is 3. The first-order chi connectivity index (χ1) is 8.22. The summed E-state index contributed by atoms with van der Waals surface area (Å²) in [4.78, 5) is 0. The summed E-state index contributed by atoms with van der Waals surface area (Å²) in [5.41, 5.74) is 6.23. The highest BCUT2D eigenvalue weighted by molar-refractivity contribution is 6.31. The summed E-state index contributed by atoms with van der Waals surface area (Å²) < 4.78 is 15.4. The van der Waals surface area contributed by atoms with Crippen LogP contribution in [0, 0.1) is 5.82 Å². The van der Waals surface area contributed by atoms with Crippen LogP contribution in [0.1, 0.15) is 6.42 Å².